The van der Waals surface area contributed by atoms with E-state index in [1.807, 2.05) is 5.38 Å². The normalized spacial score (nSPS) is 12.6. The van der Waals surface area contributed by atoms with Crippen LogP contribution in [0, 0.1) is 0 Å². The highest BCUT2D eigenvalue weighted by atomic mass is 32.1. The molecule has 0 aromatic carbocycles. The summed E-state index contributed by atoms with van der Waals surface area (Å²) in [4.78, 5) is 8.38. The number of nitrogens with one attached hydrogen (secondary N) is 1. The Kier molecular flexibility index (Phi) is 3.90. The SMILES string of the molecule is CCCNC(c1cnccn1)c1csnn1. The fourth-order valence-electron chi connectivity index (χ4n) is 1.41. The number of hydrogen-bond acceptors (Lipinski definition) is 6. The molecule has 1 unspecified atom stereocenters. The molecule has 16 heavy (non-hydrogen) atoms. The van der Waals surface area contributed by atoms with Gasteiger partial charge in [-0.15, -0.1) is 5.10 Å². The second-order valence-electron chi connectivity index (χ2n) is 3.35. The molecule has 6 heteroatoms. The molecule has 2 heterocycles. The van der Waals surface area contributed by atoms with Gasteiger partial charge >= 0.3 is 0 Å². The Morgan fingerprint density at radius 3 is 2.94 bits per heavy atom. The van der Waals surface area contributed by atoms with E-state index in [-0.39, 0.29) is 6.04 Å². The third kappa shape index (κ3) is 2.59. The van der Waals surface area contributed by atoms with E-state index in [9.17, 15) is 0 Å². The summed E-state index contributed by atoms with van der Waals surface area (Å²) < 4.78 is 3.88. The molecule has 84 valence electrons. The lowest BCUT2D eigenvalue weighted by Gasteiger charge is -2.14. The van der Waals surface area contributed by atoms with E-state index in [4.69, 9.17) is 0 Å². The quantitative estimate of drug-likeness (QED) is 0.849. The molecule has 1 N–H and O–H groups in total. The zero-order valence-electron chi connectivity index (χ0n) is 9.00. The average Bonchev–Trinajstić information content (AvgIpc) is 2.85. The molecule has 2 rings (SSSR count). The first-order chi connectivity index (χ1) is 7.92. The van der Waals surface area contributed by atoms with Crippen LogP contribution in [-0.2, 0) is 0 Å². The Morgan fingerprint density at radius 2 is 2.31 bits per heavy atom. The fraction of sp³-hybridized carbons (Fsp3) is 0.400. The molecular formula is C10H13N5S. The molecule has 1 atom stereocenters. The standard InChI is InChI=1S/C10H13N5S/c1-2-3-13-10(9-7-16-15-14-9)8-6-11-4-5-12-8/h4-7,10,13H,2-3H2,1H3. The minimum Gasteiger partial charge on any atom is -0.304 e. The topological polar surface area (TPSA) is 63.6 Å². The van der Waals surface area contributed by atoms with Gasteiger partial charge in [-0.3, -0.25) is 9.97 Å². The van der Waals surface area contributed by atoms with Gasteiger partial charge in [0, 0.05) is 17.8 Å². The molecule has 0 amide bonds. The van der Waals surface area contributed by atoms with Crippen LogP contribution in [-0.4, -0.2) is 26.1 Å². The monoisotopic (exact) mass is 235 g/mol. The highest BCUT2D eigenvalue weighted by molar-refractivity contribution is 7.03. The first kappa shape index (κ1) is 11.1. The molecule has 2 aromatic heterocycles. The van der Waals surface area contributed by atoms with Crippen molar-refractivity contribution in [2.24, 2.45) is 0 Å². The fourth-order valence-corrected chi connectivity index (χ4v) is 1.89. The summed E-state index contributed by atoms with van der Waals surface area (Å²) in [5, 5.41) is 9.41. The largest absolute Gasteiger partial charge is 0.304 e. The van der Waals surface area contributed by atoms with Gasteiger partial charge in [0.15, 0.2) is 0 Å². The van der Waals surface area contributed by atoms with E-state index < -0.39 is 0 Å². The lowest BCUT2D eigenvalue weighted by atomic mass is 10.1. The number of nitrogens with zero attached hydrogens (tertiary/aromatic N) is 4. The Hall–Kier alpha value is -1.40. The van der Waals surface area contributed by atoms with Gasteiger partial charge in [0.05, 0.1) is 23.6 Å². The molecule has 5 nitrogen and oxygen atoms in total. The second kappa shape index (κ2) is 5.62. The summed E-state index contributed by atoms with van der Waals surface area (Å²) in [6.45, 7) is 3.04. The molecule has 0 aliphatic heterocycles. The van der Waals surface area contributed by atoms with Crippen molar-refractivity contribution in [3.05, 3.63) is 35.4 Å². The summed E-state index contributed by atoms with van der Waals surface area (Å²) in [5.74, 6) is 0. The zero-order chi connectivity index (χ0) is 11.2. The maximum atomic E-state index is 4.30. The molecule has 0 spiro atoms. The number of rotatable bonds is 5. The third-order valence-electron chi connectivity index (χ3n) is 2.15. The van der Waals surface area contributed by atoms with E-state index in [1.165, 1.54) is 11.5 Å². The molecular weight excluding hydrogens is 222 g/mol. The summed E-state index contributed by atoms with van der Waals surface area (Å²) in [7, 11) is 0. The first-order valence-corrected chi connectivity index (χ1v) is 6.01. The summed E-state index contributed by atoms with van der Waals surface area (Å²) in [6, 6.07) is -0.00704. The van der Waals surface area contributed by atoms with Gasteiger partial charge < -0.3 is 5.32 Å². The molecule has 0 saturated heterocycles. The van der Waals surface area contributed by atoms with Gasteiger partial charge in [-0.25, -0.2) is 0 Å². The first-order valence-electron chi connectivity index (χ1n) is 5.18. The molecule has 0 aliphatic rings. The van der Waals surface area contributed by atoms with E-state index >= 15 is 0 Å². The maximum Gasteiger partial charge on any atom is 0.0986 e. The van der Waals surface area contributed by atoms with Crippen LogP contribution in [0.3, 0.4) is 0 Å². The molecule has 0 bridgehead atoms. The van der Waals surface area contributed by atoms with E-state index in [1.54, 1.807) is 18.6 Å². The average molecular weight is 235 g/mol. The Labute approximate surface area is 98.1 Å². The molecule has 0 radical (unpaired) electrons. The van der Waals surface area contributed by atoms with Crippen LogP contribution in [0.15, 0.2) is 24.0 Å². The predicted octanol–water partition coefficient (Wildman–Crippen LogP) is 1.42. The van der Waals surface area contributed by atoms with Crippen molar-refractivity contribution in [3.8, 4) is 0 Å². The molecule has 0 saturated carbocycles. The van der Waals surface area contributed by atoms with Gasteiger partial charge in [0.1, 0.15) is 0 Å². The zero-order valence-corrected chi connectivity index (χ0v) is 9.81. The summed E-state index contributed by atoms with van der Waals surface area (Å²) >= 11 is 1.35. The van der Waals surface area contributed by atoms with Crippen molar-refractivity contribution in [1.82, 2.24) is 24.9 Å². The van der Waals surface area contributed by atoms with Crippen molar-refractivity contribution in [2.45, 2.75) is 19.4 Å². The van der Waals surface area contributed by atoms with E-state index in [0.717, 1.165) is 24.4 Å². The van der Waals surface area contributed by atoms with Crippen molar-refractivity contribution in [1.29, 1.82) is 0 Å². The summed E-state index contributed by atoms with van der Waals surface area (Å²) in [5.41, 5.74) is 1.78. The minimum absolute atomic E-state index is 0.00704. The van der Waals surface area contributed by atoms with E-state index in [2.05, 4.69) is 31.8 Å². The Balaban J connectivity index is 2.21. The van der Waals surface area contributed by atoms with Gasteiger partial charge in [-0.2, -0.15) is 0 Å². The van der Waals surface area contributed by atoms with Crippen molar-refractivity contribution in [3.63, 3.8) is 0 Å². The van der Waals surface area contributed by atoms with Crippen molar-refractivity contribution in [2.75, 3.05) is 6.54 Å². The van der Waals surface area contributed by atoms with Crippen LogP contribution in [0.1, 0.15) is 30.8 Å². The van der Waals surface area contributed by atoms with Crippen LogP contribution in [0.5, 0.6) is 0 Å². The minimum atomic E-state index is -0.00704. The maximum absolute atomic E-state index is 4.30. The van der Waals surface area contributed by atoms with Gasteiger partial charge in [0.2, 0.25) is 0 Å². The highest BCUT2D eigenvalue weighted by Gasteiger charge is 2.17. The molecule has 0 aliphatic carbocycles. The number of aromatic nitrogens is 4. The predicted molar refractivity (Wildman–Crippen MR) is 62.1 cm³/mol. The van der Waals surface area contributed by atoms with Crippen molar-refractivity contribution < 1.29 is 0 Å². The lowest BCUT2D eigenvalue weighted by Crippen LogP contribution is -2.24. The van der Waals surface area contributed by atoms with Crippen LogP contribution in [0.4, 0.5) is 0 Å². The van der Waals surface area contributed by atoms with Crippen LogP contribution < -0.4 is 5.32 Å². The number of hydrogen-bond donors (Lipinski definition) is 1. The van der Waals surface area contributed by atoms with Gasteiger partial charge in [-0.05, 0) is 24.5 Å². The van der Waals surface area contributed by atoms with Crippen LogP contribution in [0.25, 0.3) is 0 Å². The highest BCUT2D eigenvalue weighted by Crippen LogP contribution is 2.17. The van der Waals surface area contributed by atoms with E-state index in [0.29, 0.717) is 0 Å². The molecule has 0 fully saturated rings. The van der Waals surface area contributed by atoms with Crippen LogP contribution in [0.2, 0.25) is 0 Å². The lowest BCUT2D eigenvalue weighted by molar-refractivity contribution is 0.571. The third-order valence-corrected chi connectivity index (χ3v) is 2.67. The van der Waals surface area contributed by atoms with Gasteiger partial charge in [0.25, 0.3) is 0 Å². The van der Waals surface area contributed by atoms with Gasteiger partial charge in [-0.1, -0.05) is 11.4 Å². The second-order valence-corrected chi connectivity index (χ2v) is 3.96. The Bertz CT molecular complexity index is 402. The summed E-state index contributed by atoms with van der Waals surface area (Å²) in [6.07, 6.45) is 6.18. The Morgan fingerprint density at radius 1 is 1.38 bits per heavy atom. The molecule has 2 aromatic rings. The van der Waals surface area contributed by atoms with Crippen LogP contribution >= 0.6 is 11.5 Å². The van der Waals surface area contributed by atoms with Crippen molar-refractivity contribution >= 4 is 11.5 Å². The smallest absolute Gasteiger partial charge is 0.0986 e.